The SMILES string of the molecule is CC(=O)Oc1c(C(=O)c2cc(C)c(C)cn2)[nH]c2ccc(Cl)cc12. The zero-order chi connectivity index (χ0) is 17.4. The van der Waals surface area contributed by atoms with Crippen LogP contribution in [0.25, 0.3) is 10.9 Å². The third kappa shape index (κ3) is 2.90. The number of aromatic amines is 1. The number of esters is 1. The Balaban J connectivity index is 2.18. The number of fused-ring (bicyclic) bond motifs is 1. The van der Waals surface area contributed by atoms with Crippen molar-refractivity contribution in [3.8, 4) is 5.75 Å². The smallest absolute Gasteiger partial charge is 0.308 e. The minimum atomic E-state index is -0.516. The Labute approximate surface area is 143 Å². The second kappa shape index (κ2) is 6.09. The summed E-state index contributed by atoms with van der Waals surface area (Å²) in [6.45, 7) is 5.11. The molecule has 0 aliphatic heterocycles. The number of benzene rings is 1. The molecular weight excluding hydrogens is 328 g/mol. The van der Waals surface area contributed by atoms with E-state index in [0.717, 1.165) is 11.1 Å². The van der Waals surface area contributed by atoms with E-state index in [1.165, 1.54) is 6.92 Å². The lowest BCUT2D eigenvalue weighted by Gasteiger charge is -2.05. The van der Waals surface area contributed by atoms with Crippen molar-refractivity contribution in [2.75, 3.05) is 0 Å². The summed E-state index contributed by atoms with van der Waals surface area (Å²) in [4.78, 5) is 31.5. The van der Waals surface area contributed by atoms with Crippen LogP contribution in [0.15, 0.2) is 30.5 Å². The van der Waals surface area contributed by atoms with Gasteiger partial charge in [0.25, 0.3) is 0 Å². The van der Waals surface area contributed by atoms with Crippen molar-refractivity contribution in [3.05, 3.63) is 58.0 Å². The lowest BCUT2D eigenvalue weighted by atomic mass is 10.1. The fourth-order valence-corrected chi connectivity index (χ4v) is 2.60. The number of rotatable bonds is 3. The normalized spacial score (nSPS) is 10.8. The molecule has 0 spiro atoms. The van der Waals surface area contributed by atoms with Gasteiger partial charge in [0.2, 0.25) is 5.78 Å². The van der Waals surface area contributed by atoms with Gasteiger partial charge < -0.3 is 9.72 Å². The molecular formula is C18H15ClN2O3. The first-order valence-electron chi connectivity index (χ1n) is 7.34. The van der Waals surface area contributed by atoms with Gasteiger partial charge in [-0.3, -0.25) is 14.6 Å². The van der Waals surface area contributed by atoms with E-state index < -0.39 is 5.97 Å². The number of nitrogens with zero attached hydrogens (tertiary/aromatic N) is 1. The molecule has 3 aromatic rings. The van der Waals surface area contributed by atoms with Gasteiger partial charge in [-0.05, 0) is 49.2 Å². The number of ether oxygens (including phenoxy) is 1. The zero-order valence-corrected chi connectivity index (χ0v) is 14.2. The number of carbonyl (C=O) groups excluding carboxylic acids is 2. The minimum absolute atomic E-state index is 0.171. The average molecular weight is 343 g/mol. The molecule has 24 heavy (non-hydrogen) atoms. The van der Waals surface area contributed by atoms with Gasteiger partial charge in [-0.15, -0.1) is 0 Å². The molecule has 2 heterocycles. The fourth-order valence-electron chi connectivity index (χ4n) is 2.43. The molecule has 0 aliphatic rings. The molecule has 1 aromatic carbocycles. The molecule has 6 heteroatoms. The van der Waals surface area contributed by atoms with Crippen LogP contribution < -0.4 is 4.74 Å². The highest BCUT2D eigenvalue weighted by molar-refractivity contribution is 6.31. The van der Waals surface area contributed by atoms with Crippen molar-refractivity contribution in [2.24, 2.45) is 0 Å². The highest BCUT2D eigenvalue weighted by Crippen LogP contribution is 2.33. The molecule has 3 rings (SSSR count). The Hall–Kier alpha value is -2.66. The van der Waals surface area contributed by atoms with Gasteiger partial charge in [-0.1, -0.05) is 11.6 Å². The highest BCUT2D eigenvalue weighted by atomic mass is 35.5. The topological polar surface area (TPSA) is 72.1 Å². The van der Waals surface area contributed by atoms with Crippen LogP contribution in [0.5, 0.6) is 5.75 Å². The summed E-state index contributed by atoms with van der Waals surface area (Å²) in [7, 11) is 0. The number of halogens is 1. The summed E-state index contributed by atoms with van der Waals surface area (Å²) in [5.74, 6) is -0.690. The maximum atomic E-state index is 12.8. The Morgan fingerprint density at radius 2 is 1.92 bits per heavy atom. The van der Waals surface area contributed by atoms with Crippen LogP contribution >= 0.6 is 11.6 Å². The molecule has 2 aromatic heterocycles. The number of nitrogens with one attached hydrogen (secondary N) is 1. The van der Waals surface area contributed by atoms with Crippen LogP contribution in [0.1, 0.15) is 34.2 Å². The summed E-state index contributed by atoms with van der Waals surface area (Å²) in [5.41, 5.74) is 3.07. The predicted molar refractivity (Wildman–Crippen MR) is 91.8 cm³/mol. The molecule has 122 valence electrons. The van der Waals surface area contributed by atoms with Crippen molar-refractivity contribution in [1.29, 1.82) is 0 Å². The van der Waals surface area contributed by atoms with Crippen LogP contribution in [0, 0.1) is 13.8 Å². The first-order chi connectivity index (χ1) is 11.4. The van der Waals surface area contributed by atoms with Crippen molar-refractivity contribution >= 4 is 34.3 Å². The van der Waals surface area contributed by atoms with Crippen molar-refractivity contribution in [1.82, 2.24) is 9.97 Å². The van der Waals surface area contributed by atoms with E-state index in [2.05, 4.69) is 9.97 Å². The second-order valence-electron chi connectivity index (χ2n) is 5.60. The third-order valence-corrected chi connectivity index (χ3v) is 4.03. The summed E-state index contributed by atoms with van der Waals surface area (Å²) in [5, 5.41) is 1.06. The first-order valence-corrected chi connectivity index (χ1v) is 7.72. The van der Waals surface area contributed by atoms with Crippen LogP contribution in [0.4, 0.5) is 0 Å². The van der Waals surface area contributed by atoms with E-state index in [1.54, 1.807) is 30.5 Å². The number of aromatic nitrogens is 2. The van der Waals surface area contributed by atoms with Gasteiger partial charge in [-0.25, -0.2) is 0 Å². The van der Waals surface area contributed by atoms with Gasteiger partial charge in [0.15, 0.2) is 5.75 Å². The number of ketones is 1. The Bertz CT molecular complexity index is 976. The van der Waals surface area contributed by atoms with Gasteiger partial charge in [-0.2, -0.15) is 0 Å². The molecule has 1 N–H and O–H groups in total. The number of hydrogen-bond acceptors (Lipinski definition) is 4. The van der Waals surface area contributed by atoms with Crippen molar-refractivity contribution in [3.63, 3.8) is 0 Å². The van der Waals surface area contributed by atoms with Crippen molar-refractivity contribution < 1.29 is 14.3 Å². The van der Waals surface area contributed by atoms with Crippen LogP contribution in [-0.2, 0) is 4.79 Å². The zero-order valence-electron chi connectivity index (χ0n) is 13.4. The molecule has 0 saturated carbocycles. The van der Waals surface area contributed by atoms with E-state index in [-0.39, 0.29) is 22.9 Å². The van der Waals surface area contributed by atoms with Gasteiger partial charge >= 0.3 is 5.97 Å². The average Bonchev–Trinajstić information content (AvgIpc) is 2.87. The summed E-state index contributed by atoms with van der Waals surface area (Å²) >= 11 is 6.02. The molecule has 5 nitrogen and oxygen atoms in total. The lowest BCUT2D eigenvalue weighted by molar-refractivity contribution is -0.131. The number of hydrogen-bond donors (Lipinski definition) is 1. The molecule has 0 atom stereocenters. The third-order valence-electron chi connectivity index (χ3n) is 3.79. The van der Waals surface area contributed by atoms with E-state index in [9.17, 15) is 9.59 Å². The maximum absolute atomic E-state index is 12.8. The number of pyridine rings is 1. The molecule has 0 unspecified atom stereocenters. The summed E-state index contributed by atoms with van der Waals surface area (Å²) in [6.07, 6.45) is 1.65. The fraction of sp³-hybridized carbons (Fsp3) is 0.167. The first kappa shape index (κ1) is 16.2. The predicted octanol–water partition coefficient (Wildman–Crippen LogP) is 3.99. The van der Waals surface area contributed by atoms with Crippen LogP contribution in [0.3, 0.4) is 0 Å². The largest absolute Gasteiger partial charge is 0.424 e. The van der Waals surface area contributed by atoms with E-state index in [0.29, 0.717) is 15.9 Å². The number of aryl methyl sites for hydroxylation is 2. The molecule has 0 saturated heterocycles. The van der Waals surface area contributed by atoms with Crippen molar-refractivity contribution in [2.45, 2.75) is 20.8 Å². The number of carbonyl (C=O) groups is 2. The molecule has 0 fully saturated rings. The summed E-state index contributed by atoms with van der Waals surface area (Å²) < 4.78 is 5.27. The van der Waals surface area contributed by atoms with E-state index in [1.807, 2.05) is 13.8 Å². The second-order valence-corrected chi connectivity index (χ2v) is 6.03. The van der Waals surface area contributed by atoms with E-state index in [4.69, 9.17) is 16.3 Å². The molecule has 0 aliphatic carbocycles. The van der Waals surface area contributed by atoms with Gasteiger partial charge in [0.05, 0.1) is 0 Å². The minimum Gasteiger partial charge on any atom is -0.424 e. The standard InChI is InChI=1S/C18H15ClN2O3/c1-9-6-15(20-8-10(9)2)17(23)16-18(24-11(3)22)13-7-12(19)4-5-14(13)21-16/h4-8,21H,1-3H3. The quantitative estimate of drug-likeness (QED) is 0.577. The highest BCUT2D eigenvalue weighted by Gasteiger charge is 2.23. The van der Waals surface area contributed by atoms with Gasteiger partial charge in [0, 0.05) is 29.0 Å². The van der Waals surface area contributed by atoms with Crippen LogP contribution in [0.2, 0.25) is 5.02 Å². The number of H-pyrrole nitrogens is 1. The molecule has 0 amide bonds. The molecule has 0 bridgehead atoms. The Kier molecular flexibility index (Phi) is 4.11. The lowest BCUT2D eigenvalue weighted by Crippen LogP contribution is -2.10. The Morgan fingerprint density at radius 1 is 1.17 bits per heavy atom. The monoisotopic (exact) mass is 342 g/mol. The molecule has 0 radical (unpaired) electrons. The Morgan fingerprint density at radius 3 is 2.58 bits per heavy atom. The van der Waals surface area contributed by atoms with E-state index >= 15 is 0 Å². The summed E-state index contributed by atoms with van der Waals surface area (Å²) in [6, 6.07) is 6.79. The maximum Gasteiger partial charge on any atom is 0.308 e. The van der Waals surface area contributed by atoms with Crippen LogP contribution in [-0.4, -0.2) is 21.7 Å². The van der Waals surface area contributed by atoms with Gasteiger partial charge in [0.1, 0.15) is 11.4 Å².